The Hall–Kier alpha value is -3.62. The zero-order valence-corrected chi connectivity index (χ0v) is 20.9. The summed E-state index contributed by atoms with van der Waals surface area (Å²) in [6, 6.07) is 8.99. The smallest absolute Gasteiger partial charge is 0.231 e. The van der Waals surface area contributed by atoms with E-state index in [1.165, 1.54) is 27.4 Å². The van der Waals surface area contributed by atoms with Crippen LogP contribution in [0, 0.1) is 11.7 Å². The van der Waals surface area contributed by atoms with E-state index in [4.69, 9.17) is 19.9 Å². The fourth-order valence-corrected chi connectivity index (χ4v) is 3.56. The number of nitrogens with two attached hydrogens (primary N) is 1. The van der Waals surface area contributed by atoms with Crippen molar-refractivity contribution in [3.05, 3.63) is 53.3 Å². The number of ketones is 1. The van der Waals surface area contributed by atoms with Gasteiger partial charge in [0.1, 0.15) is 6.04 Å². The van der Waals surface area contributed by atoms with Crippen LogP contribution in [0.1, 0.15) is 37.8 Å². The van der Waals surface area contributed by atoms with Crippen LogP contribution in [0.25, 0.3) is 0 Å². The molecular formula is C26H34FN3O5. The summed E-state index contributed by atoms with van der Waals surface area (Å²) in [6.07, 6.45) is 1.35. The van der Waals surface area contributed by atoms with Gasteiger partial charge in [-0.15, -0.1) is 0 Å². The predicted molar refractivity (Wildman–Crippen MR) is 133 cm³/mol. The highest BCUT2D eigenvalue weighted by molar-refractivity contribution is 5.98. The second kappa shape index (κ2) is 13.3. The number of Topliss-reactive ketones (excluding diaryl/α,β-unsaturated/α-hetero) is 1. The lowest BCUT2D eigenvalue weighted by Crippen LogP contribution is -2.40. The Kier molecular flexibility index (Phi) is 10.5. The zero-order valence-electron chi connectivity index (χ0n) is 20.9. The van der Waals surface area contributed by atoms with Crippen LogP contribution in [0.15, 0.2) is 41.4 Å². The fourth-order valence-electron chi connectivity index (χ4n) is 3.56. The number of halogens is 1. The number of rotatable bonds is 12. The standard InChI is InChI=1S/C26H34FN3O5/c1-6-16(2)25(20(31)11-8-17-7-10-19(27)22(13-17)34-4)30-26(28)29-24(32)15-18-9-12-21(33-3)23(14-18)35-5/h7,9-10,12-14,16,25H,6,8,11,15H2,1-5H3,(H3,28,29,30,32)/t16-,25-/m1/s1. The van der Waals surface area contributed by atoms with Crippen molar-refractivity contribution in [1.29, 1.82) is 0 Å². The summed E-state index contributed by atoms with van der Waals surface area (Å²) in [5.41, 5.74) is 7.47. The minimum absolute atomic E-state index is 0.0465. The monoisotopic (exact) mass is 487 g/mol. The van der Waals surface area contributed by atoms with E-state index in [9.17, 15) is 14.0 Å². The van der Waals surface area contributed by atoms with Gasteiger partial charge in [0.05, 0.1) is 27.8 Å². The second-order valence-electron chi connectivity index (χ2n) is 8.19. The molecule has 8 nitrogen and oxygen atoms in total. The average Bonchev–Trinajstić information content (AvgIpc) is 2.85. The molecule has 2 aromatic rings. The molecule has 0 spiro atoms. The number of aryl methyl sites for hydroxylation is 1. The molecule has 0 saturated carbocycles. The topological polar surface area (TPSA) is 112 Å². The molecular weight excluding hydrogens is 453 g/mol. The van der Waals surface area contributed by atoms with E-state index in [2.05, 4.69) is 10.3 Å². The minimum Gasteiger partial charge on any atom is -0.494 e. The molecule has 9 heteroatoms. The Labute approximate surface area is 205 Å². The first-order valence-electron chi connectivity index (χ1n) is 11.4. The maximum Gasteiger partial charge on any atom is 0.231 e. The number of aliphatic imine (C=N–C) groups is 1. The lowest BCUT2D eigenvalue weighted by atomic mass is 9.93. The van der Waals surface area contributed by atoms with Crippen molar-refractivity contribution in [1.82, 2.24) is 5.32 Å². The second-order valence-corrected chi connectivity index (χ2v) is 8.19. The van der Waals surface area contributed by atoms with E-state index in [0.29, 0.717) is 29.9 Å². The third-order valence-electron chi connectivity index (χ3n) is 5.75. The highest BCUT2D eigenvalue weighted by Gasteiger charge is 2.24. The summed E-state index contributed by atoms with van der Waals surface area (Å²) in [7, 11) is 4.45. The van der Waals surface area contributed by atoms with Crippen LogP contribution in [0.2, 0.25) is 0 Å². The highest BCUT2D eigenvalue weighted by Crippen LogP contribution is 2.27. The van der Waals surface area contributed by atoms with Gasteiger partial charge in [-0.3, -0.25) is 14.9 Å². The number of amides is 1. The first kappa shape index (κ1) is 27.6. The van der Waals surface area contributed by atoms with Crippen LogP contribution >= 0.6 is 0 Å². The van der Waals surface area contributed by atoms with Crippen molar-refractivity contribution >= 4 is 17.6 Å². The van der Waals surface area contributed by atoms with Gasteiger partial charge < -0.3 is 19.9 Å². The number of methoxy groups -OCH3 is 3. The van der Waals surface area contributed by atoms with Crippen LogP contribution in [0.4, 0.5) is 4.39 Å². The molecule has 0 unspecified atom stereocenters. The summed E-state index contributed by atoms with van der Waals surface area (Å²) in [5.74, 6) is 0.0811. The highest BCUT2D eigenvalue weighted by atomic mass is 19.1. The molecule has 0 aromatic heterocycles. The maximum absolute atomic E-state index is 13.6. The van der Waals surface area contributed by atoms with E-state index in [0.717, 1.165) is 5.56 Å². The number of ether oxygens (including phenoxy) is 3. The average molecular weight is 488 g/mol. The van der Waals surface area contributed by atoms with Gasteiger partial charge in [-0.25, -0.2) is 9.38 Å². The van der Waals surface area contributed by atoms with Crippen molar-refractivity contribution in [2.45, 2.75) is 45.6 Å². The molecule has 2 aromatic carbocycles. The Morgan fingerprint density at radius 3 is 2.26 bits per heavy atom. The molecule has 2 rings (SSSR count). The van der Waals surface area contributed by atoms with Gasteiger partial charge in [0.2, 0.25) is 5.91 Å². The molecule has 2 atom stereocenters. The van der Waals surface area contributed by atoms with Gasteiger partial charge in [-0.1, -0.05) is 32.4 Å². The summed E-state index contributed by atoms with van der Waals surface area (Å²) >= 11 is 0. The lowest BCUT2D eigenvalue weighted by molar-refractivity contribution is -0.121. The number of benzene rings is 2. The third-order valence-corrected chi connectivity index (χ3v) is 5.75. The van der Waals surface area contributed by atoms with E-state index in [-0.39, 0.29) is 42.2 Å². The van der Waals surface area contributed by atoms with Crippen molar-refractivity contribution in [2.24, 2.45) is 16.6 Å². The Morgan fingerprint density at radius 2 is 1.63 bits per heavy atom. The molecule has 1 amide bonds. The van der Waals surface area contributed by atoms with Crippen LogP contribution in [0.5, 0.6) is 17.2 Å². The Morgan fingerprint density at radius 1 is 1.00 bits per heavy atom. The van der Waals surface area contributed by atoms with Crippen molar-refractivity contribution in [2.75, 3.05) is 21.3 Å². The molecule has 0 radical (unpaired) electrons. The number of carbonyl (C=O) groups is 2. The van der Waals surface area contributed by atoms with E-state index >= 15 is 0 Å². The molecule has 35 heavy (non-hydrogen) atoms. The lowest BCUT2D eigenvalue weighted by Gasteiger charge is -2.19. The molecule has 3 N–H and O–H groups in total. The Bertz CT molecular complexity index is 1060. The van der Waals surface area contributed by atoms with Crippen molar-refractivity contribution < 1.29 is 28.2 Å². The van der Waals surface area contributed by atoms with Gasteiger partial charge in [0, 0.05) is 6.42 Å². The summed E-state index contributed by atoms with van der Waals surface area (Å²) < 4.78 is 29.1. The van der Waals surface area contributed by atoms with E-state index in [1.807, 2.05) is 13.8 Å². The third kappa shape index (κ3) is 7.98. The fraction of sp³-hybridized carbons (Fsp3) is 0.423. The first-order chi connectivity index (χ1) is 16.7. The van der Waals surface area contributed by atoms with Gasteiger partial charge in [-0.05, 0) is 47.7 Å². The van der Waals surface area contributed by atoms with Gasteiger partial charge in [-0.2, -0.15) is 0 Å². The van der Waals surface area contributed by atoms with E-state index in [1.54, 1.807) is 30.3 Å². The maximum atomic E-state index is 13.6. The largest absolute Gasteiger partial charge is 0.494 e. The summed E-state index contributed by atoms with van der Waals surface area (Å²) in [4.78, 5) is 29.8. The number of hydrogen-bond acceptors (Lipinski definition) is 6. The van der Waals surface area contributed by atoms with Crippen molar-refractivity contribution in [3.63, 3.8) is 0 Å². The van der Waals surface area contributed by atoms with Crippen LogP contribution in [-0.4, -0.2) is 45.0 Å². The molecule has 0 fully saturated rings. The normalized spacial score (nSPS) is 13.0. The molecule has 0 heterocycles. The number of carbonyl (C=O) groups excluding carboxylic acids is 2. The van der Waals surface area contributed by atoms with E-state index < -0.39 is 11.9 Å². The SMILES string of the molecule is CC[C@@H](C)[C@@H](N=C(N)NC(=O)Cc1ccc(OC)c(OC)c1)C(=O)CCc1ccc(F)c(OC)c1. The quantitative estimate of drug-likeness (QED) is 0.350. The van der Waals surface area contributed by atoms with Gasteiger partial charge >= 0.3 is 0 Å². The van der Waals surface area contributed by atoms with Crippen LogP contribution in [-0.2, 0) is 22.4 Å². The molecule has 0 aliphatic rings. The molecule has 0 aliphatic heterocycles. The summed E-state index contributed by atoms with van der Waals surface area (Å²) in [6.45, 7) is 3.86. The predicted octanol–water partition coefficient (Wildman–Crippen LogP) is 3.44. The number of nitrogens with one attached hydrogen (secondary N) is 1. The number of nitrogens with zero attached hydrogens (tertiary/aromatic N) is 1. The molecule has 0 aliphatic carbocycles. The van der Waals surface area contributed by atoms with Crippen molar-refractivity contribution in [3.8, 4) is 17.2 Å². The first-order valence-corrected chi connectivity index (χ1v) is 11.4. The Balaban J connectivity index is 2.05. The molecule has 190 valence electrons. The summed E-state index contributed by atoms with van der Waals surface area (Å²) in [5, 5.41) is 2.56. The van der Waals surface area contributed by atoms with Crippen LogP contribution < -0.4 is 25.3 Å². The zero-order chi connectivity index (χ0) is 26.0. The number of hydrogen-bond donors (Lipinski definition) is 2. The number of guanidine groups is 1. The van der Waals surface area contributed by atoms with Gasteiger partial charge in [0.15, 0.2) is 34.8 Å². The van der Waals surface area contributed by atoms with Crippen LogP contribution in [0.3, 0.4) is 0 Å². The minimum atomic E-state index is -0.705. The molecule has 0 bridgehead atoms. The molecule has 0 saturated heterocycles. The van der Waals surface area contributed by atoms with Gasteiger partial charge in [0.25, 0.3) is 0 Å².